The number of amides is 6. The van der Waals surface area contributed by atoms with E-state index >= 15 is 0 Å². The number of aromatic nitrogens is 6. The zero-order chi connectivity index (χ0) is 48.1. The summed E-state index contributed by atoms with van der Waals surface area (Å²) in [6, 6.07) is 0.380. The number of aromatic carboxylic acids is 1. The third kappa shape index (κ3) is 10.7. The molecule has 0 radical (unpaired) electrons. The fraction of sp³-hybridized carbons (Fsp3) is 0.195. The van der Waals surface area contributed by atoms with E-state index < -0.39 is 65.3 Å². The van der Waals surface area contributed by atoms with Crippen molar-refractivity contribution in [1.29, 1.82) is 0 Å². The molecule has 6 aromatic rings. The molecule has 23 nitrogen and oxygen atoms in total. The van der Waals surface area contributed by atoms with Crippen LogP contribution in [0.15, 0.2) is 74.6 Å². The van der Waals surface area contributed by atoms with Crippen LogP contribution in [0.1, 0.15) is 107 Å². The largest absolute Gasteiger partial charge is 0.477 e. The van der Waals surface area contributed by atoms with Gasteiger partial charge in [0.15, 0.2) is 5.69 Å². The van der Waals surface area contributed by atoms with Gasteiger partial charge in [0.2, 0.25) is 17.7 Å². The highest BCUT2D eigenvalue weighted by Crippen LogP contribution is 2.33. The van der Waals surface area contributed by atoms with Crippen molar-refractivity contribution in [2.24, 2.45) is 0 Å². The fourth-order valence-corrected chi connectivity index (χ4v) is 8.23. The number of nitrogens with zero attached hydrogens (tertiary/aromatic N) is 6. The van der Waals surface area contributed by atoms with Gasteiger partial charge in [-0.1, -0.05) is 26.2 Å². The lowest BCUT2D eigenvalue weighted by molar-refractivity contribution is -0.124. The van der Waals surface area contributed by atoms with Crippen LogP contribution in [0.4, 0.5) is 0 Å². The van der Waals surface area contributed by atoms with Crippen LogP contribution in [-0.2, 0) is 16.1 Å². The average molecular weight is 969 g/mol. The van der Waals surface area contributed by atoms with Gasteiger partial charge in [0.05, 0.1) is 30.1 Å². The van der Waals surface area contributed by atoms with Crippen molar-refractivity contribution >= 4 is 86.8 Å². The van der Waals surface area contributed by atoms with Crippen molar-refractivity contribution in [2.45, 2.75) is 51.9 Å². The van der Waals surface area contributed by atoms with Crippen LogP contribution in [0.25, 0.3) is 33.4 Å². The van der Waals surface area contributed by atoms with Crippen molar-refractivity contribution in [2.75, 3.05) is 0 Å². The Hall–Kier alpha value is -8.07. The smallest absolute Gasteiger partial charge is 0.354 e. The van der Waals surface area contributed by atoms with Crippen LogP contribution in [0.3, 0.4) is 0 Å². The topological polar surface area (TPSA) is 336 Å². The molecule has 1 aliphatic heterocycles. The fourth-order valence-electron chi connectivity index (χ4n) is 5.89. The quantitative estimate of drug-likeness (QED) is 0.118. The highest BCUT2D eigenvalue weighted by molar-refractivity contribution is 7.13. The second-order valence-electron chi connectivity index (χ2n) is 14.2. The molecule has 6 amide bonds. The SMILES string of the molecule is C=C1NC(=O)c2csc(n2)C(C)NC(=O)c2csc(n2)CNC(=O)c2coc(n2)/C(=C\CC)NC(=O)C(C(C)O)NC(=O)c2csc(n2)-c2ccc(C(=O)O)nc2-c2coc(n2)C(=C)NC1=O. The number of rotatable bonds is 3. The molecule has 67 heavy (non-hydrogen) atoms. The molecule has 344 valence electrons. The van der Waals surface area contributed by atoms with Crippen LogP contribution < -0.4 is 31.9 Å². The number of oxazole rings is 2. The van der Waals surface area contributed by atoms with Gasteiger partial charge in [0, 0.05) is 21.7 Å². The lowest BCUT2D eigenvalue weighted by atomic mass is 10.1. The first kappa shape index (κ1) is 46.9. The van der Waals surface area contributed by atoms with Gasteiger partial charge in [-0.2, -0.15) is 0 Å². The Morgan fingerprint density at radius 2 is 1.43 bits per heavy atom. The highest BCUT2D eigenvalue weighted by Gasteiger charge is 2.30. The molecule has 10 bridgehead atoms. The van der Waals surface area contributed by atoms with E-state index in [0.717, 1.165) is 46.5 Å². The summed E-state index contributed by atoms with van der Waals surface area (Å²) in [5, 5.41) is 40.8. The number of aliphatic hydroxyl groups excluding tert-OH is 1. The first-order valence-corrected chi connectivity index (χ1v) is 22.2. The Labute approximate surface area is 389 Å². The summed E-state index contributed by atoms with van der Waals surface area (Å²) < 4.78 is 11.1. The molecule has 1 aliphatic rings. The summed E-state index contributed by atoms with van der Waals surface area (Å²) in [4.78, 5) is 117. The van der Waals surface area contributed by atoms with Gasteiger partial charge >= 0.3 is 5.97 Å². The van der Waals surface area contributed by atoms with Crippen molar-refractivity contribution in [3.05, 3.63) is 116 Å². The van der Waals surface area contributed by atoms with Crippen LogP contribution in [0.5, 0.6) is 0 Å². The molecule has 3 atom stereocenters. The molecule has 7 heterocycles. The maximum atomic E-state index is 13.6. The Kier molecular flexibility index (Phi) is 14.0. The van der Waals surface area contributed by atoms with Crippen molar-refractivity contribution in [3.8, 4) is 22.0 Å². The first-order valence-electron chi connectivity index (χ1n) is 19.6. The summed E-state index contributed by atoms with van der Waals surface area (Å²) in [5.74, 6) is -6.39. The Bertz CT molecular complexity index is 3020. The molecule has 0 spiro atoms. The predicted octanol–water partition coefficient (Wildman–Crippen LogP) is 3.27. The van der Waals surface area contributed by atoms with E-state index in [0.29, 0.717) is 16.4 Å². The molecule has 0 aromatic carbocycles. The third-order valence-electron chi connectivity index (χ3n) is 9.23. The normalized spacial score (nSPS) is 18.0. The second kappa shape index (κ2) is 20.0. The minimum absolute atomic E-state index is 0.0220. The highest BCUT2D eigenvalue weighted by atomic mass is 32.1. The first-order chi connectivity index (χ1) is 32.0. The number of carbonyl (C=O) groups is 7. The van der Waals surface area contributed by atoms with Crippen LogP contribution in [0, 0.1) is 0 Å². The lowest BCUT2D eigenvalue weighted by Gasteiger charge is -2.20. The maximum absolute atomic E-state index is 13.6. The molecule has 3 unspecified atom stereocenters. The van der Waals surface area contributed by atoms with Gasteiger partial charge in [-0.15, -0.1) is 34.0 Å². The number of pyridine rings is 1. The molecule has 6 aromatic heterocycles. The molecule has 0 aliphatic carbocycles. The summed E-state index contributed by atoms with van der Waals surface area (Å²) >= 11 is 3.15. The number of nitrogens with one attached hydrogen (secondary N) is 6. The Morgan fingerprint density at radius 3 is 2.18 bits per heavy atom. The van der Waals surface area contributed by atoms with Gasteiger partial charge in [0.1, 0.15) is 73.5 Å². The molecule has 26 heteroatoms. The van der Waals surface area contributed by atoms with Gasteiger partial charge in [-0.3, -0.25) is 28.8 Å². The van der Waals surface area contributed by atoms with E-state index in [1.807, 2.05) is 0 Å². The van der Waals surface area contributed by atoms with Crippen molar-refractivity contribution < 1.29 is 52.6 Å². The number of allylic oxidation sites excluding steroid dienone is 1. The standard InChI is InChI=1S/C41H36N12O11S3/c1-6-7-21-38-50-24(12-64-38)32(56)42-10-28-46-25(13-65-28)33(57)45-18(4)39-51-26(14-66-39)34(58)43-16(2)31(55)44-17(3)37-49-23(11-63-37)30-20(8-9-22(47-30)41(61)62)40-52-27(15-67-40)35(59)53-29(19(5)54)36(60)48-21/h7-9,11-15,18-19,29,54H,2-3,6,10H2,1,4-5H3,(H,42,56)(H,43,58)(H,44,55)(H,45,57)(H,48,60)(H,53,59)(H,61,62)/b21-7+. The molecular weight excluding hydrogens is 933 g/mol. The zero-order valence-electron chi connectivity index (χ0n) is 35.2. The number of thiazole rings is 3. The monoisotopic (exact) mass is 968 g/mol. The van der Waals surface area contributed by atoms with E-state index in [9.17, 15) is 43.8 Å². The molecular formula is C41H36N12O11S3. The summed E-state index contributed by atoms with van der Waals surface area (Å²) in [6.45, 7) is 12.0. The van der Waals surface area contributed by atoms with Crippen LogP contribution in [-0.4, -0.2) is 93.7 Å². The van der Waals surface area contributed by atoms with Crippen molar-refractivity contribution in [3.63, 3.8) is 0 Å². The predicted molar refractivity (Wildman–Crippen MR) is 239 cm³/mol. The zero-order valence-corrected chi connectivity index (χ0v) is 37.6. The minimum atomic E-state index is -1.54. The van der Waals surface area contributed by atoms with E-state index in [1.54, 1.807) is 19.9 Å². The summed E-state index contributed by atoms with van der Waals surface area (Å²) in [6.07, 6.45) is 2.67. The summed E-state index contributed by atoms with van der Waals surface area (Å²) in [5.41, 5.74) is -1.13. The number of fused-ring (bicyclic) bond motifs is 13. The van der Waals surface area contributed by atoms with E-state index in [4.69, 9.17) is 8.83 Å². The van der Waals surface area contributed by atoms with Gasteiger partial charge in [-0.25, -0.2) is 34.7 Å². The molecule has 0 saturated heterocycles. The lowest BCUT2D eigenvalue weighted by Crippen LogP contribution is -2.52. The van der Waals surface area contributed by atoms with Crippen molar-refractivity contribution in [1.82, 2.24) is 61.8 Å². The van der Waals surface area contributed by atoms with E-state index in [2.05, 4.69) is 75.0 Å². The third-order valence-corrected chi connectivity index (χ3v) is 12.0. The molecule has 8 N–H and O–H groups in total. The number of carbonyl (C=O) groups excluding carboxylic acids is 6. The Morgan fingerprint density at radius 1 is 0.776 bits per heavy atom. The molecule has 0 saturated carbocycles. The van der Waals surface area contributed by atoms with Crippen LogP contribution in [0.2, 0.25) is 0 Å². The number of carboxylic acids is 1. The second-order valence-corrected chi connectivity index (χ2v) is 16.8. The van der Waals surface area contributed by atoms with E-state index in [1.165, 1.54) is 35.2 Å². The van der Waals surface area contributed by atoms with Gasteiger partial charge in [0.25, 0.3) is 29.5 Å². The minimum Gasteiger partial charge on any atom is -0.477 e. The van der Waals surface area contributed by atoms with E-state index in [-0.39, 0.29) is 80.1 Å². The molecule has 0 fully saturated rings. The Balaban J connectivity index is 1.18. The maximum Gasteiger partial charge on any atom is 0.354 e. The van der Waals surface area contributed by atoms with Gasteiger partial charge < -0.3 is 50.9 Å². The van der Waals surface area contributed by atoms with Crippen LogP contribution >= 0.6 is 34.0 Å². The summed E-state index contributed by atoms with van der Waals surface area (Å²) in [7, 11) is 0. The number of carboxylic acid groups (broad SMARTS) is 1. The number of aliphatic hydroxyl groups is 1. The average Bonchev–Trinajstić information content (AvgIpc) is 4.16. The van der Waals surface area contributed by atoms with Gasteiger partial charge in [-0.05, 0) is 32.4 Å². The number of hydrogen-bond donors (Lipinski definition) is 8. The number of hydrogen-bond acceptors (Lipinski definition) is 19. The molecule has 7 rings (SSSR count).